The monoisotopic (exact) mass is 422 g/mol. The van der Waals surface area contributed by atoms with E-state index in [-0.39, 0.29) is 23.1 Å². The van der Waals surface area contributed by atoms with Crippen molar-refractivity contribution < 1.29 is 14.5 Å². The summed E-state index contributed by atoms with van der Waals surface area (Å²) in [7, 11) is 0. The molecule has 8 nitrogen and oxygen atoms in total. The van der Waals surface area contributed by atoms with Crippen LogP contribution < -0.4 is 15.5 Å². The number of carbonyl (C=O) groups is 2. The number of nitro benzene ring substituents is 1. The van der Waals surface area contributed by atoms with Crippen LogP contribution >= 0.6 is 0 Å². The van der Waals surface area contributed by atoms with Gasteiger partial charge >= 0.3 is 0 Å². The molecule has 162 valence electrons. The van der Waals surface area contributed by atoms with E-state index in [1.807, 2.05) is 4.90 Å². The van der Waals surface area contributed by atoms with E-state index in [4.69, 9.17) is 0 Å². The number of carbonyl (C=O) groups excluding carboxylic acids is 2. The lowest BCUT2D eigenvalue weighted by molar-refractivity contribution is -0.384. The van der Waals surface area contributed by atoms with Gasteiger partial charge in [0.25, 0.3) is 11.6 Å². The maximum absolute atomic E-state index is 12.7. The molecule has 0 bridgehead atoms. The number of rotatable bonds is 6. The Hall–Kier alpha value is -3.42. The summed E-state index contributed by atoms with van der Waals surface area (Å²) in [5.74, 6) is 0.337. The average molecular weight is 422 g/mol. The van der Waals surface area contributed by atoms with E-state index in [0.29, 0.717) is 23.0 Å². The van der Waals surface area contributed by atoms with E-state index in [1.54, 1.807) is 36.4 Å². The van der Waals surface area contributed by atoms with Crippen molar-refractivity contribution >= 4 is 34.6 Å². The van der Waals surface area contributed by atoms with Crippen molar-refractivity contribution in [3.8, 4) is 0 Å². The molecule has 2 aromatic carbocycles. The second-order valence-corrected chi connectivity index (χ2v) is 8.43. The molecule has 2 fully saturated rings. The average Bonchev–Trinajstić information content (AvgIpc) is 3.61. The van der Waals surface area contributed by atoms with Gasteiger partial charge in [-0.25, -0.2) is 0 Å². The molecule has 1 saturated carbocycles. The van der Waals surface area contributed by atoms with Crippen molar-refractivity contribution in [1.82, 2.24) is 0 Å². The van der Waals surface area contributed by atoms with Crippen LogP contribution in [0.1, 0.15) is 43.0 Å². The third-order valence-electron chi connectivity index (χ3n) is 5.92. The number of hydrogen-bond acceptors (Lipinski definition) is 5. The molecule has 2 N–H and O–H groups in total. The first-order chi connectivity index (χ1) is 14.9. The van der Waals surface area contributed by atoms with Crippen LogP contribution in [-0.4, -0.2) is 29.8 Å². The molecule has 0 aromatic heterocycles. The van der Waals surface area contributed by atoms with Crippen molar-refractivity contribution in [2.75, 3.05) is 28.6 Å². The maximum atomic E-state index is 12.7. The molecule has 1 aliphatic carbocycles. The smallest absolute Gasteiger partial charge is 0.293 e. The maximum Gasteiger partial charge on any atom is 0.293 e. The van der Waals surface area contributed by atoms with Crippen LogP contribution in [0.25, 0.3) is 0 Å². The topological polar surface area (TPSA) is 105 Å². The minimum Gasteiger partial charge on any atom is -0.366 e. The number of amides is 2. The van der Waals surface area contributed by atoms with Crippen LogP contribution in [0.4, 0.5) is 22.7 Å². The fourth-order valence-electron chi connectivity index (χ4n) is 3.76. The highest BCUT2D eigenvalue weighted by Crippen LogP contribution is 2.33. The highest BCUT2D eigenvalue weighted by Gasteiger charge is 2.29. The van der Waals surface area contributed by atoms with Gasteiger partial charge in [-0.05, 0) is 68.0 Å². The van der Waals surface area contributed by atoms with E-state index < -0.39 is 10.8 Å². The number of nitro groups is 1. The summed E-state index contributed by atoms with van der Waals surface area (Å²) < 4.78 is 0. The number of anilines is 3. The number of hydrogen-bond donors (Lipinski definition) is 2. The Bertz CT molecular complexity index is 993. The summed E-state index contributed by atoms with van der Waals surface area (Å²) in [6, 6.07) is 11.5. The number of benzene rings is 2. The highest BCUT2D eigenvalue weighted by molar-refractivity contribution is 6.05. The fourth-order valence-corrected chi connectivity index (χ4v) is 3.76. The van der Waals surface area contributed by atoms with Gasteiger partial charge in [-0.1, -0.05) is 6.92 Å². The number of nitrogens with zero attached hydrogens (tertiary/aromatic N) is 2. The lowest BCUT2D eigenvalue weighted by Crippen LogP contribution is -2.33. The van der Waals surface area contributed by atoms with Crippen molar-refractivity contribution in [2.45, 2.75) is 32.6 Å². The molecular weight excluding hydrogens is 396 g/mol. The quantitative estimate of drug-likeness (QED) is 0.529. The van der Waals surface area contributed by atoms with E-state index >= 15 is 0 Å². The van der Waals surface area contributed by atoms with Crippen molar-refractivity contribution in [3.05, 3.63) is 58.1 Å². The first-order valence-electron chi connectivity index (χ1n) is 10.7. The third kappa shape index (κ3) is 5.02. The van der Waals surface area contributed by atoms with Crippen molar-refractivity contribution in [2.24, 2.45) is 11.8 Å². The molecule has 0 spiro atoms. The SMILES string of the molecule is CC1CCN(c2ccc(C(=O)Nc3ccc(NC(=O)C4CC4)cc3)cc2[N+](=O)[O-])CC1. The first kappa shape index (κ1) is 20.8. The van der Waals surface area contributed by atoms with Crippen LogP contribution in [-0.2, 0) is 4.79 Å². The molecule has 2 amide bonds. The summed E-state index contributed by atoms with van der Waals surface area (Å²) in [6.07, 6.45) is 3.86. The normalized spacial score (nSPS) is 16.6. The van der Waals surface area contributed by atoms with Crippen LogP contribution in [0.5, 0.6) is 0 Å². The number of piperidine rings is 1. The summed E-state index contributed by atoms with van der Waals surface area (Å²) in [6.45, 7) is 3.74. The second kappa shape index (κ2) is 8.75. The minimum absolute atomic E-state index is 0.0207. The van der Waals surface area contributed by atoms with Crippen LogP contribution in [0, 0.1) is 22.0 Å². The third-order valence-corrected chi connectivity index (χ3v) is 5.92. The Morgan fingerprint density at radius 2 is 1.58 bits per heavy atom. The van der Waals surface area contributed by atoms with Crippen molar-refractivity contribution in [1.29, 1.82) is 0 Å². The molecule has 0 atom stereocenters. The van der Waals surface area contributed by atoms with Gasteiger partial charge in [-0.2, -0.15) is 0 Å². The fraction of sp³-hybridized carbons (Fsp3) is 0.391. The molecule has 8 heteroatoms. The summed E-state index contributed by atoms with van der Waals surface area (Å²) >= 11 is 0. The van der Waals surface area contributed by atoms with Crippen LogP contribution in [0.15, 0.2) is 42.5 Å². The van der Waals surface area contributed by atoms with Gasteiger partial charge in [0.05, 0.1) is 4.92 Å². The van der Waals surface area contributed by atoms with Gasteiger partial charge in [-0.15, -0.1) is 0 Å². The summed E-state index contributed by atoms with van der Waals surface area (Å²) in [5, 5.41) is 17.3. The Kier molecular flexibility index (Phi) is 5.88. The lowest BCUT2D eigenvalue weighted by atomic mass is 9.98. The largest absolute Gasteiger partial charge is 0.366 e. The molecular formula is C23H26N4O4. The molecule has 2 aromatic rings. The van der Waals surface area contributed by atoms with E-state index in [0.717, 1.165) is 38.8 Å². The Balaban J connectivity index is 1.44. The highest BCUT2D eigenvalue weighted by atomic mass is 16.6. The van der Waals surface area contributed by atoms with E-state index in [9.17, 15) is 19.7 Å². The molecule has 2 aliphatic rings. The van der Waals surface area contributed by atoms with Gasteiger partial charge < -0.3 is 15.5 Å². The zero-order valence-electron chi connectivity index (χ0n) is 17.5. The summed E-state index contributed by atoms with van der Waals surface area (Å²) in [5.41, 5.74) is 1.95. The van der Waals surface area contributed by atoms with E-state index in [2.05, 4.69) is 17.6 Å². The Morgan fingerprint density at radius 1 is 0.968 bits per heavy atom. The van der Waals surface area contributed by atoms with Gasteiger partial charge in [0.15, 0.2) is 0 Å². The predicted octanol–water partition coefficient (Wildman–Crippen LogP) is 4.43. The standard InChI is InChI=1S/C23H26N4O4/c1-15-10-12-26(13-11-15)20-9-4-17(14-21(20)27(30)31)23(29)25-19-7-5-18(6-8-19)24-22(28)16-2-3-16/h4-9,14-16H,2-3,10-13H2,1H3,(H,24,28)(H,25,29). The summed E-state index contributed by atoms with van der Waals surface area (Å²) in [4.78, 5) is 37.7. The Morgan fingerprint density at radius 3 is 2.16 bits per heavy atom. The zero-order valence-corrected chi connectivity index (χ0v) is 17.5. The lowest BCUT2D eigenvalue weighted by Gasteiger charge is -2.31. The van der Waals surface area contributed by atoms with Crippen molar-refractivity contribution in [3.63, 3.8) is 0 Å². The van der Waals surface area contributed by atoms with Gasteiger partial charge in [0.2, 0.25) is 5.91 Å². The molecule has 0 unspecified atom stereocenters. The first-order valence-corrected chi connectivity index (χ1v) is 10.7. The molecule has 4 rings (SSSR count). The number of nitrogens with one attached hydrogen (secondary N) is 2. The molecule has 0 radical (unpaired) electrons. The molecule has 1 saturated heterocycles. The Labute approximate surface area is 180 Å². The molecule has 1 heterocycles. The van der Waals surface area contributed by atoms with Gasteiger partial charge in [0, 0.05) is 42.0 Å². The molecule has 31 heavy (non-hydrogen) atoms. The van der Waals surface area contributed by atoms with Gasteiger partial charge in [-0.3, -0.25) is 19.7 Å². The van der Waals surface area contributed by atoms with Gasteiger partial charge in [0.1, 0.15) is 5.69 Å². The van der Waals surface area contributed by atoms with Crippen LogP contribution in [0.2, 0.25) is 0 Å². The van der Waals surface area contributed by atoms with Crippen LogP contribution in [0.3, 0.4) is 0 Å². The second-order valence-electron chi connectivity index (χ2n) is 8.43. The van der Waals surface area contributed by atoms with E-state index in [1.165, 1.54) is 6.07 Å². The predicted molar refractivity (Wildman–Crippen MR) is 119 cm³/mol. The molecule has 1 aliphatic heterocycles. The zero-order chi connectivity index (χ0) is 22.0. The minimum atomic E-state index is -0.429.